The van der Waals surface area contributed by atoms with E-state index < -0.39 is 15.6 Å². The summed E-state index contributed by atoms with van der Waals surface area (Å²) >= 11 is 1.25. The summed E-state index contributed by atoms with van der Waals surface area (Å²) in [5.74, 6) is 0. The Hall–Kier alpha value is -0.500. The van der Waals surface area contributed by atoms with Crippen LogP contribution in [0.2, 0.25) is 0 Å². The normalized spacial score (nSPS) is 15.3. The summed E-state index contributed by atoms with van der Waals surface area (Å²) < 4.78 is 30.0. The lowest BCUT2D eigenvalue weighted by Gasteiger charge is -2.13. The van der Waals surface area contributed by atoms with Gasteiger partial charge in [-0.2, -0.15) is 8.42 Å². The molecule has 0 saturated heterocycles. The predicted molar refractivity (Wildman–Crippen MR) is 57.3 cm³/mol. The molecule has 0 bridgehead atoms. The molecule has 5 nitrogen and oxygen atoms in total. The third-order valence-corrected chi connectivity index (χ3v) is 3.79. The van der Waals surface area contributed by atoms with Crippen LogP contribution in [0, 0.1) is 0 Å². The van der Waals surface area contributed by atoms with E-state index >= 15 is 0 Å². The van der Waals surface area contributed by atoms with Crippen molar-refractivity contribution in [3.8, 4) is 0 Å². The largest absolute Gasteiger partial charge is 0.370 e. The fraction of sp³-hybridized carbons (Fsp3) is 0.625. The number of rotatable bonds is 2. The minimum absolute atomic E-state index is 0.0348. The molecule has 7 heteroatoms. The van der Waals surface area contributed by atoms with Crippen LogP contribution in [0.25, 0.3) is 0 Å². The molecule has 1 aromatic rings. The predicted octanol–water partition coefficient (Wildman–Crippen LogP) is 1.32. The molecule has 15 heavy (non-hydrogen) atoms. The quantitative estimate of drug-likeness (QED) is 0.774. The van der Waals surface area contributed by atoms with Crippen LogP contribution in [0.4, 0.5) is 0 Å². The Balaban J connectivity index is 3.06. The SMILES string of the molecule is CC(C)(C)c1nc(C(O)S(=O)(=O)O)cs1. The number of hydrogen-bond acceptors (Lipinski definition) is 5. The zero-order valence-electron chi connectivity index (χ0n) is 8.63. The summed E-state index contributed by atoms with van der Waals surface area (Å²) in [6.07, 6.45) is 0. The third-order valence-electron chi connectivity index (χ3n) is 1.70. The van der Waals surface area contributed by atoms with Crippen molar-refractivity contribution in [2.45, 2.75) is 31.6 Å². The number of nitrogens with zero attached hydrogens (tertiary/aromatic N) is 1. The molecule has 0 aliphatic carbocycles. The van der Waals surface area contributed by atoms with Crippen molar-refractivity contribution in [1.82, 2.24) is 4.98 Å². The molecule has 2 N–H and O–H groups in total. The highest BCUT2D eigenvalue weighted by Crippen LogP contribution is 2.28. The van der Waals surface area contributed by atoms with Gasteiger partial charge < -0.3 is 5.11 Å². The number of aliphatic hydroxyl groups excluding tert-OH is 1. The lowest BCUT2D eigenvalue weighted by Crippen LogP contribution is -2.14. The number of aliphatic hydroxyl groups is 1. The molecule has 0 aromatic carbocycles. The first-order chi connectivity index (χ1) is 6.62. The minimum atomic E-state index is -4.49. The van der Waals surface area contributed by atoms with Crippen molar-refractivity contribution in [2.24, 2.45) is 0 Å². The molecule has 0 saturated carbocycles. The Morgan fingerprint density at radius 1 is 1.47 bits per heavy atom. The fourth-order valence-electron chi connectivity index (χ4n) is 0.897. The Labute approximate surface area is 92.5 Å². The van der Waals surface area contributed by atoms with Crippen LogP contribution in [0.5, 0.6) is 0 Å². The lowest BCUT2D eigenvalue weighted by molar-refractivity contribution is 0.234. The molecule has 0 spiro atoms. The Morgan fingerprint density at radius 3 is 2.33 bits per heavy atom. The Bertz CT molecular complexity index is 443. The van der Waals surface area contributed by atoms with Gasteiger partial charge in [-0.15, -0.1) is 11.3 Å². The van der Waals surface area contributed by atoms with E-state index in [1.54, 1.807) is 0 Å². The number of thiazole rings is 1. The molecular formula is C8H13NO4S2. The van der Waals surface area contributed by atoms with Gasteiger partial charge in [-0.1, -0.05) is 20.8 Å². The van der Waals surface area contributed by atoms with Crippen molar-refractivity contribution in [3.63, 3.8) is 0 Å². The topological polar surface area (TPSA) is 87.5 Å². The first-order valence-corrected chi connectivity index (χ1v) is 6.61. The van der Waals surface area contributed by atoms with Crippen molar-refractivity contribution in [2.75, 3.05) is 0 Å². The summed E-state index contributed by atoms with van der Waals surface area (Å²) in [6, 6.07) is 0. The van der Waals surface area contributed by atoms with Gasteiger partial charge in [-0.25, -0.2) is 4.98 Å². The van der Waals surface area contributed by atoms with Crippen LogP contribution in [0.3, 0.4) is 0 Å². The van der Waals surface area contributed by atoms with Crippen LogP contribution < -0.4 is 0 Å². The highest BCUT2D eigenvalue weighted by molar-refractivity contribution is 7.85. The first kappa shape index (κ1) is 12.6. The van der Waals surface area contributed by atoms with E-state index in [9.17, 15) is 13.5 Å². The van der Waals surface area contributed by atoms with Gasteiger partial charge in [0.2, 0.25) is 5.44 Å². The highest BCUT2D eigenvalue weighted by Gasteiger charge is 2.27. The van der Waals surface area contributed by atoms with Gasteiger partial charge in [-0.05, 0) is 0 Å². The molecule has 1 unspecified atom stereocenters. The van der Waals surface area contributed by atoms with E-state index in [-0.39, 0.29) is 11.1 Å². The van der Waals surface area contributed by atoms with Crippen LogP contribution in [0.1, 0.15) is 36.9 Å². The molecule has 1 rings (SSSR count). The van der Waals surface area contributed by atoms with E-state index in [1.165, 1.54) is 16.7 Å². The smallest absolute Gasteiger partial charge is 0.298 e. The average molecular weight is 251 g/mol. The van der Waals surface area contributed by atoms with Crippen LogP contribution >= 0.6 is 11.3 Å². The maximum Gasteiger partial charge on any atom is 0.298 e. The summed E-state index contributed by atoms with van der Waals surface area (Å²) in [5, 5.41) is 11.4. The number of aromatic nitrogens is 1. The highest BCUT2D eigenvalue weighted by atomic mass is 32.2. The van der Waals surface area contributed by atoms with E-state index in [2.05, 4.69) is 4.98 Å². The van der Waals surface area contributed by atoms with Crippen molar-refractivity contribution in [3.05, 3.63) is 16.1 Å². The van der Waals surface area contributed by atoms with Crippen molar-refractivity contribution >= 4 is 21.5 Å². The summed E-state index contributed by atoms with van der Waals surface area (Å²) in [7, 11) is -4.49. The molecule has 1 aromatic heterocycles. The zero-order chi connectivity index (χ0) is 11.9. The van der Waals surface area contributed by atoms with E-state index in [4.69, 9.17) is 4.55 Å². The molecule has 0 amide bonds. The van der Waals surface area contributed by atoms with Crippen LogP contribution in [-0.2, 0) is 15.5 Å². The second-order valence-electron chi connectivity index (χ2n) is 4.19. The third kappa shape index (κ3) is 2.97. The number of hydrogen-bond donors (Lipinski definition) is 2. The monoisotopic (exact) mass is 251 g/mol. The van der Waals surface area contributed by atoms with Gasteiger partial charge >= 0.3 is 0 Å². The van der Waals surface area contributed by atoms with Gasteiger partial charge in [-0.3, -0.25) is 4.55 Å². The van der Waals surface area contributed by atoms with E-state index in [0.717, 1.165) is 0 Å². The van der Waals surface area contributed by atoms with Gasteiger partial charge in [0, 0.05) is 10.8 Å². The van der Waals surface area contributed by atoms with Crippen LogP contribution in [0.15, 0.2) is 5.38 Å². The standard InChI is InChI=1S/C8H13NO4S2/c1-8(2,3)7-9-5(4-14-7)6(10)15(11,12)13/h4,6,10H,1-3H3,(H,11,12,13). The maximum atomic E-state index is 10.7. The average Bonchev–Trinajstić information content (AvgIpc) is 2.47. The molecule has 0 aliphatic rings. The van der Waals surface area contributed by atoms with Crippen molar-refractivity contribution in [1.29, 1.82) is 0 Å². The maximum absolute atomic E-state index is 10.7. The minimum Gasteiger partial charge on any atom is -0.370 e. The first-order valence-electron chi connectivity index (χ1n) is 4.22. The molecule has 1 atom stereocenters. The molecule has 1 heterocycles. The van der Waals surface area contributed by atoms with E-state index in [1.807, 2.05) is 20.8 Å². The zero-order valence-corrected chi connectivity index (χ0v) is 10.3. The van der Waals surface area contributed by atoms with Gasteiger partial charge in [0.15, 0.2) is 0 Å². The Kier molecular flexibility index (Phi) is 3.20. The van der Waals surface area contributed by atoms with Gasteiger partial charge in [0.1, 0.15) is 0 Å². The fourth-order valence-corrected chi connectivity index (χ4v) is 2.33. The molecule has 0 aliphatic heterocycles. The molecular weight excluding hydrogens is 238 g/mol. The summed E-state index contributed by atoms with van der Waals surface area (Å²) in [5.41, 5.74) is -2.20. The molecule has 86 valence electrons. The van der Waals surface area contributed by atoms with Crippen molar-refractivity contribution < 1.29 is 18.1 Å². The summed E-state index contributed by atoms with van der Waals surface area (Å²) in [6.45, 7) is 5.78. The summed E-state index contributed by atoms with van der Waals surface area (Å²) in [4.78, 5) is 3.98. The van der Waals surface area contributed by atoms with E-state index in [0.29, 0.717) is 5.01 Å². The van der Waals surface area contributed by atoms with Gasteiger partial charge in [0.05, 0.1) is 10.7 Å². The second kappa shape index (κ2) is 3.82. The molecule has 0 radical (unpaired) electrons. The lowest BCUT2D eigenvalue weighted by atomic mass is 9.98. The second-order valence-corrected chi connectivity index (χ2v) is 6.53. The van der Waals surface area contributed by atoms with Crippen LogP contribution in [-0.4, -0.2) is 23.1 Å². The molecule has 0 fully saturated rings. The Morgan fingerprint density at radius 2 is 2.00 bits per heavy atom. The van der Waals surface area contributed by atoms with Gasteiger partial charge in [0.25, 0.3) is 10.1 Å².